The van der Waals surface area contributed by atoms with Crippen LogP contribution in [-0.4, -0.2) is 41.7 Å². The Morgan fingerprint density at radius 1 is 1.00 bits per heavy atom. The summed E-state index contributed by atoms with van der Waals surface area (Å²) in [5, 5.41) is 0. The van der Waals surface area contributed by atoms with Crippen LogP contribution < -0.4 is 4.98 Å². The largest absolute Gasteiger partial charge is 0.467 e. The first-order valence-electron chi connectivity index (χ1n) is 6.54. The first-order valence-corrected chi connectivity index (χ1v) is 17.2. The van der Waals surface area contributed by atoms with E-state index < -0.39 is 34.6 Å². The van der Waals surface area contributed by atoms with Crippen molar-refractivity contribution < 1.29 is 12.3 Å². The molecule has 0 aromatic heterocycles. The van der Waals surface area contributed by atoms with Crippen molar-refractivity contribution in [3.05, 3.63) is 0 Å². The molecular formula is C10H30NO3Si4. The molecule has 8 heteroatoms. The maximum atomic E-state index is 6.38. The van der Waals surface area contributed by atoms with Gasteiger partial charge in [-0.15, -0.1) is 0 Å². The summed E-state index contributed by atoms with van der Waals surface area (Å²) in [6.45, 7) is 17.3. The number of rotatable bonds is 8. The lowest BCUT2D eigenvalue weighted by atomic mass is 11.0. The molecule has 0 aliphatic carbocycles. The monoisotopic (exact) mass is 324 g/mol. The van der Waals surface area contributed by atoms with Gasteiger partial charge < -0.3 is 17.3 Å². The smallest absolute Gasteiger partial charge is 0.417 e. The Kier molecular flexibility index (Phi) is 7.20. The first-order chi connectivity index (χ1) is 7.95. The molecule has 0 aromatic carbocycles. The summed E-state index contributed by atoms with van der Waals surface area (Å²) in [5.74, 6) is 0. The van der Waals surface area contributed by atoms with E-state index in [0.717, 1.165) is 6.04 Å². The molecule has 1 N–H and O–H groups in total. The lowest BCUT2D eigenvalue weighted by molar-refractivity contribution is 0.263. The van der Waals surface area contributed by atoms with E-state index in [-0.39, 0.29) is 0 Å². The SMILES string of the molecule is CC[Si](C)(C)O[Si](C)(O[Si](C)C)O[Si](C)(C)NC. The molecule has 0 fully saturated rings. The molecular weight excluding hydrogens is 294 g/mol. The average molecular weight is 325 g/mol. The number of hydrogen-bond donors (Lipinski definition) is 1. The van der Waals surface area contributed by atoms with Gasteiger partial charge in [0.05, 0.1) is 0 Å². The Morgan fingerprint density at radius 3 is 1.83 bits per heavy atom. The third-order valence-electron chi connectivity index (χ3n) is 2.75. The Morgan fingerprint density at radius 2 is 1.50 bits per heavy atom. The van der Waals surface area contributed by atoms with Crippen molar-refractivity contribution in [1.82, 2.24) is 4.98 Å². The van der Waals surface area contributed by atoms with E-state index in [1.54, 1.807) is 0 Å². The van der Waals surface area contributed by atoms with Crippen LogP contribution in [0.1, 0.15) is 6.92 Å². The van der Waals surface area contributed by atoms with Gasteiger partial charge in [-0.3, -0.25) is 0 Å². The third kappa shape index (κ3) is 7.33. The van der Waals surface area contributed by atoms with E-state index in [2.05, 4.69) is 57.7 Å². The summed E-state index contributed by atoms with van der Waals surface area (Å²) in [4.78, 5) is 3.29. The van der Waals surface area contributed by atoms with Crippen LogP contribution in [0, 0.1) is 0 Å². The molecule has 0 aliphatic rings. The molecule has 0 heterocycles. The fourth-order valence-electron chi connectivity index (χ4n) is 1.52. The van der Waals surface area contributed by atoms with E-state index in [9.17, 15) is 0 Å². The van der Waals surface area contributed by atoms with Gasteiger partial charge in [0.25, 0.3) is 8.48 Å². The molecule has 0 amide bonds. The average Bonchev–Trinajstić information content (AvgIpc) is 2.14. The molecule has 0 rings (SSSR count). The van der Waals surface area contributed by atoms with Crippen LogP contribution in [-0.2, 0) is 12.3 Å². The van der Waals surface area contributed by atoms with Crippen LogP contribution in [0.15, 0.2) is 0 Å². The van der Waals surface area contributed by atoms with Gasteiger partial charge in [-0.1, -0.05) is 6.92 Å². The number of nitrogens with one attached hydrogen (secondary N) is 1. The van der Waals surface area contributed by atoms with Crippen LogP contribution in [0.5, 0.6) is 0 Å². The molecule has 18 heavy (non-hydrogen) atoms. The van der Waals surface area contributed by atoms with Gasteiger partial charge in [0.1, 0.15) is 0 Å². The van der Waals surface area contributed by atoms with Crippen molar-refractivity contribution in [2.75, 3.05) is 7.05 Å². The van der Waals surface area contributed by atoms with Crippen molar-refractivity contribution in [3.8, 4) is 0 Å². The summed E-state index contributed by atoms with van der Waals surface area (Å²) in [5.41, 5.74) is 0. The zero-order valence-electron chi connectivity index (χ0n) is 13.4. The second-order valence-electron chi connectivity index (χ2n) is 5.95. The van der Waals surface area contributed by atoms with Gasteiger partial charge >= 0.3 is 8.80 Å². The molecule has 0 saturated heterocycles. The van der Waals surface area contributed by atoms with E-state index >= 15 is 0 Å². The molecule has 0 saturated carbocycles. The minimum absolute atomic E-state index is 0.822. The zero-order valence-corrected chi connectivity index (χ0v) is 17.4. The molecule has 109 valence electrons. The van der Waals surface area contributed by atoms with Gasteiger partial charge in [0, 0.05) is 6.55 Å². The molecule has 1 atom stereocenters. The van der Waals surface area contributed by atoms with Gasteiger partial charge in [-0.25, -0.2) is 0 Å². The third-order valence-corrected chi connectivity index (χ3v) is 16.0. The Balaban J connectivity index is 4.94. The molecule has 0 spiro atoms. The zero-order chi connectivity index (χ0) is 14.6. The summed E-state index contributed by atoms with van der Waals surface area (Å²) in [6, 6.07) is 1.08. The van der Waals surface area contributed by atoms with Crippen LogP contribution in [0.3, 0.4) is 0 Å². The Labute approximate surface area is 118 Å². The predicted octanol–water partition coefficient (Wildman–Crippen LogP) is 3.00. The molecule has 1 unspecified atom stereocenters. The van der Waals surface area contributed by atoms with Crippen LogP contribution in [0.2, 0.25) is 51.9 Å². The maximum absolute atomic E-state index is 6.38. The summed E-state index contributed by atoms with van der Waals surface area (Å²) >= 11 is 0. The van der Waals surface area contributed by atoms with E-state index in [4.69, 9.17) is 12.3 Å². The van der Waals surface area contributed by atoms with Gasteiger partial charge in [0.15, 0.2) is 17.4 Å². The van der Waals surface area contributed by atoms with Crippen molar-refractivity contribution in [1.29, 1.82) is 0 Å². The van der Waals surface area contributed by atoms with Crippen molar-refractivity contribution in [2.24, 2.45) is 0 Å². The molecule has 4 nitrogen and oxygen atoms in total. The minimum atomic E-state index is -2.52. The fourth-order valence-corrected chi connectivity index (χ4v) is 14.8. The summed E-state index contributed by atoms with van der Waals surface area (Å²) in [6.07, 6.45) is 0. The molecule has 0 bridgehead atoms. The lowest BCUT2D eigenvalue weighted by Crippen LogP contribution is -2.61. The molecule has 0 aromatic rings. The van der Waals surface area contributed by atoms with Crippen LogP contribution in [0.25, 0.3) is 0 Å². The van der Waals surface area contributed by atoms with Crippen LogP contribution in [0.4, 0.5) is 0 Å². The maximum Gasteiger partial charge on any atom is 0.467 e. The van der Waals surface area contributed by atoms with Crippen LogP contribution >= 0.6 is 0 Å². The van der Waals surface area contributed by atoms with E-state index in [0.29, 0.717) is 0 Å². The van der Waals surface area contributed by atoms with E-state index in [1.807, 2.05) is 7.05 Å². The first kappa shape index (κ1) is 18.7. The predicted molar refractivity (Wildman–Crippen MR) is 86.9 cm³/mol. The summed E-state index contributed by atoms with van der Waals surface area (Å²) in [7, 11) is -4.95. The second-order valence-corrected chi connectivity index (χ2v) is 19.7. The van der Waals surface area contributed by atoms with Crippen molar-refractivity contribution >= 4 is 34.6 Å². The highest BCUT2D eigenvalue weighted by molar-refractivity contribution is 6.87. The van der Waals surface area contributed by atoms with E-state index in [1.165, 1.54) is 0 Å². The molecule has 0 aliphatic heterocycles. The highest BCUT2D eigenvalue weighted by atomic mass is 28.5. The standard InChI is InChI=1S/C10H30NO3Si4/c1-10-16(5,6)13-18(9,12-15(3)4)14-17(7,8)11-2/h11H,10H2,1-9H3. The Hall–Kier alpha value is 0.708. The normalized spacial score (nSPS) is 17.0. The Bertz CT molecular complexity index is 244. The lowest BCUT2D eigenvalue weighted by Gasteiger charge is -2.39. The minimum Gasteiger partial charge on any atom is -0.417 e. The van der Waals surface area contributed by atoms with Crippen molar-refractivity contribution in [3.63, 3.8) is 0 Å². The van der Waals surface area contributed by atoms with Gasteiger partial charge in [0.2, 0.25) is 0 Å². The fraction of sp³-hybridized carbons (Fsp3) is 1.00. The number of hydrogen-bond acceptors (Lipinski definition) is 4. The molecule has 1 radical (unpaired) electrons. The quantitative estimate of drug-likeness (QED) is 0.697. The second kappa shape index (κ2) is 6.93. The topological polar surface area (TPSA) is 39.7 Å². The van der Waals surface area contributed by atoms with Gasteiger partial charge in [-0.05, 0) is 52.4 Å². The van der Waals surface area contributed by atoms with Gasteiger partial charge in [-0.2, -0.15) is 0 Å². The summed E-state index contributed by atoms with van der Waals surface area (Å²) < 4.78 is 18.8. The van der Waals surface area contributed by atoms with Crippen molar-refractivity contribution in [2.45, 2.75) is 58.8 Å². The highest BCUT2D eigenvalue weighted by Gasteiger charge is 2.45. The highest BCUT2D eigenvalue weighted by Crippen LogP contribution is 2.23.